The van der Waals surface area contributed by atoms with Crippen LogP contribution in [0.5, 0.6) is 0 Å². The molecule has 1 aromatic rings. The summed E-state index contributed by atoms with van der Waals surface area (Å²) in [5.41, 5.74) is 0. The number of amides is 1. The number of nitrogens with one attached hydrogen (secondary N) is 1. The minimum absolute atomic E-state index is 0.0638. The standard InChI is InChI=1S/C17H24N2O2S/c20-17(18-11-13-5-2-10-22-13)16-7-6-14-15(21-16)8-9-19(14)12-3-1-4-12/h2,5,10,12,14-16H,1,3-4,6-9,11H2,(H,18,20)/t14-,15-,16-/m0/s1. The van der Waals surface area contributed by atoms with Crippen molar-refractivity contribution < 1.29 is 9.53 Å². The molecule has 2 saturated heterocycles. The first kappa shape index (κ1) is 14.7. The number of carbonyl (C=O) groups is 1. The van der Waals surface area contributed by atoms with Crippen molar-refractivity contribution in [1.82, 2.24) is 10.2 Å². The van der Waals surface area contributed by atoms with Gasteiger partial charge in [0.15, 0.2) is 0 Å². The average Bonchev–Trinajstić information content (AvgIpc) is 3.12. The highest BCUT2D eigenvalue weighted by Gasteiger charge is 2.44. The molecule has 1 N–H and O–H groups in total. The van der Waals surface area contributed by atoms with E-state index in [0.717, 1.165) is 31.8 Å². The van der Waals surface area contributed by atoms with Crippen LogP contribution in [0.2, 0.25) is 0 Å². The van der Waals surface area contributed by atoms with E-state index >= 15 is 0 Å². The van der Waals surface area contributed by atoms with Crippen LogP contribution in [0.25, 0.3) is 0 Å². The maximum atomic E-state index is 12.3. The molecule has 2 aliphatic heterocycles. The molecule has 22 heavy (non-hydrogen) atoms. The Morgan fingerprint density at radius 2 is 2.23 bits per heavy atom. The monoisotopic (exact) mass is 320 g/mol. The van der Waals surface area contributed by atoms with Gasteiger partial charge in [0.1, 0.15) is 6.10 Å². The highest BCUT2D eigenvalue weighted by atomic mass is 32.1. The molecular weight excluding hydrogens is 296 g/mol. The molecule has 5 heteroatoms. The first-order valence-electron chi connectivity index (χ1n) is 8.52. The normalized spacial score (nSPS) is 32.5. The highest BCUT2D eigenvalue weighted by Crippen LogP contribution is 2.37. The largest absolute Gasteiger partial charge is 0.363 e. The summed E-state index contributed by atoms with van der Waals surface area (Å²) in [4.78, 5) is 16.2. The molecular formula is C17H24N2O2S. The molecule has 120 valence electrons. The van der Waals surface area contributed by atoms with Crippen LogP contribution < -0.4 is 5.32 Å². The Balaban J connectivity index is 1.29. The molecule has 0 radical (unpaired) electrons. The molecule has 3 heterocycles. The minimum atomic E-state index is -0.248. The molecule has 3 atom stereocenters. The molecule has 3 fully saturated rings. The lowest BCUT2D eigenvalue weighted by molar-refractivity contribution is -0.144. The predicted molar refractivity (Wildman–Crippen MR) is 86.8 cm³/mol. The van der Waals surface area contributed by atoms with E-state index in [2.05, 4.69) is 16.3 Å². The Morgan fingerprint density at radius 3 is 2.95 bits per heavy atom. The topological polar surface area (TPSA) is 41.6 Å². The lowest BCUT2D eigenvalue weighted by atomic mass is 9.89. The summed E-state index contributed by atoms with van der Waals surface area (Å²) in [6.07, 6.45) is 7.18. The molecule has 1 saturated carbocycles. The second-order valence-corrected chi connectivity index (χ2v) is 7.75. The van der Waals surface area contributed by atoms with Crippen molar-refractivity contribution in [1.29, 1.82) is 0 Å². The average molecular weight is 320 g/mol. The minimum Gasteiger partial charge on any atom is -0.363 e. The van der Waals surface area contributed by atoms with Crippen LogP contribution in [0.4, 0.5) is 0 Å². The fraction of sp³-hybridized carbons (Fsp3) is 0.706. The van der Waals surface area contributed by atoms with Gasteiger partial charge in [-0.3, -0.25) is 9.69 Å². The predicted octanol–water partition coefficient (Wildman–Crippen LogP) is 2.54. The first-order chi connectivity index (χ1) is 10.8. The number of thiophene rings is 1. The molecule has 1 aliphatic carbocycles. The van der Waals surface area contributed by atoms with Gasteiger partial charge in [-0.05, 0) is 43.6 Å². The Hall–Kier alpha value is -0.910. The van der Waals surface area contributed by atoms with Gasteiger partial charge in [0, 0.05) is 23.5 Å². The van der Waals surface area contributed by atoms with Crippen LogP contribution >= 0.6 is 11.3 Å². The molecule has 0 unspecified atom stereocenters. The second-order valence-electron chi connectivity index (χ2n) is 6.72. The molecule has 4 rings (SSSR count). The first-order valence-corrected chi connectivity index (χ1v) is 9.40. The second kappa shape index (κ2) is 6.30. The van der Waals surface area contributed by atoms with Crippen molar-refractivity contribution in [2.24, 2.45) is 0 Å². The third-order valence-corrected chi connectivity index (χ3v) is 6.32. The van der Waals surface area contributed by atoms with Gasteiger partial charge in [0.25, 0.3) is 0 Å². The number of likely N-dealkylation sites (tertiary alicyclic amines) is 1. The number of carbonyl (C=O) groups excluding carboxylic acids is 1. The van der Waals surface area contributed by atoms with Crippen molar-refractivity contribution in [3.05, 3.63) is 22.4 Å². The summed E-state index contributed by atoms with van der Waals surface area (Å²) >= 11 is 1.68. The van der Waals surface area contributed by atoms with Gasteiger partial charge in [-0.15, -0.1) is 11.3 Å². The molecule has 0 aromatic carbocycles. The molecule has 3 aliphatic rings. The zero-order valence-electron chi connectivity index (χ0n) is 12.9. The van der Waals surface area contributed by atoms with Crippen LogP contribution in [0.15, 0.2) is 17.5 Å². The summed E-state index contributed by atoms with van der Waals surface area (Å²) in [5.74, 6) is 0.0638. The van der Waals surface area contributed by atoms with E-state index in [4.69, 9.17) is 4.74 Å². The molecule has 1 amide bonds. The van der Waals surface area contributed by atoms with Crippen LogP contribution in [0.1, 0.15) is 43.4 Å². The quantitative estimate of drug-likeness (QED) is 0.927. The Labute approximate surface area is 135 Å². The number of fused-ring (bicyclic) bond motifs is 1. The maximum Gasteiger partial charge on any atom is 0.249 e. The van der Waals surface area contributed by atoms with E-state index in [-0.39, 0.29) is 18.1 Å². The van der Waals surface area contributed by atoms with E-state index in [1.807, 2.05) is 11.4 Å². The fourth-order valence-corrected chi connectivity index (χ4v) is 4.67. The smallest absolute Gasteiger partial charge is 0.249 e. The molecule has 0 bridgehead atoms. The lowest BCUT2D eigenvalue weighted by Gasteiger charge is -2.42. The number of ether oxygens (including phenoxy) is 1. The van der Waals surface area contributed by atoms with E-state index in [9.17, 15) is 4.79 Å². The lowest BCUT2D eigenvalue weighted by Crippen LogP contribution is -2.51. The maximum absolute atomic E-state index is 12.3. The van der Waals surface area contributed by atoms with Crippen LogP contribution in [0, 0.1) is 0 Å². The molecule has 1 aromatic heterocycles. The summed E-state index contributed by atoms with van der Waals surface area (Å²) in [6, 6.07) is 5.42. The van der Waals surface area contributed by atoms with E-state index in [0.29, 0.717) is 12.6 Å². The zero-order chi connectivity index (χ0) is 14.9. The Morgan fingerprint density at radius 1 is 1.32 bits per heavy atom. The van der Waals surface area contributed by atoms with Crippen molar-refractivity contribution in [2.75, 3.05) is 6.54 Å². The van der Waals surface area contributed by atoms with Gasteiger partial charge < -0.3 is 10.1 Å². The summed E-state index contributed by atoms with van der Waals surface area (Å²) in [6.45, 7) is 1.78. The number of hydrogen-bond donors (Lipinski definition) is 1. The van der Waals surface area contributed by atoms with Gasteiger partial charge in [-0.2, -0.15) is 0 Å². The van der Waals surface area contributed by atoms with E-state index in [1.54, 1.807) is 11.3 Å². The van der Waals surface area contributed by atoms with Gasteiger partial charge >= 0.3 is 0 Å². The fourth-order valence-electron chi connectivity index (χ4n) is 4.03. The third-order valence-electron chi connectivity index (χ3n) is 5.44. The molecule has 4 nitrogen and oxygen atoms in total. The van der Waals surface area contributed by atoms with Crippen molar-refractivity contribution in [3.8, 4) is 0 Å². The van der Waals surface area contributed by atoms with Gasteiger partial charge in [-0.1, -0.05) is 12.5 Å². The highest BCUT2D eigenvalue weighted by molar-refractivity contribution is 7.09. The summed E-state index contributed by atoms with van der Waals surface area (Å²) < 4.78 is 6.14. The SMILES string of the molecule is O=C(NCc1cccs1)[C@@H]1CC[C@H]2[C@H](CCN2C2CCC2)O1. The van der Waals surface area contributed by atoms with E-state index < -0.39 is 0 Å². The molecule has 0 spiro atoms. The summed E-state index contributed by atoms with van der Waals surface area (Å²) in [7, 11) is 0. The van der Waals surface area contributed by atoms with Gasteiger partial charge in [0.05, 0.1) is 12.6 Å². The van der Waals surface area contributed by atoms with Crippen LogP contribution in [0.3, 0.4) is 0 Å². The number of rotatable bonds is 4. The third kappa shape index (κ3) is 2.82. The van der Waals surface area contributed by atoms with E-state index in [1.165, 1.54) is 24.1 Å². The van der Waals surface area contributed by atoms with Crippen molar-refractivity contribution in [2.45, 2.75) is 69.4 Å². The Bertz CT molecular complexity index is 515. The van der Waals surface area contributed by atoms with Crippen LogP contribution in [-0.4, -0.2) is 41.6 Å². The summed E-state index contributed by atoms with van der Waals surface area (Å²) in [5, 5.41) is 5.06. The van der Waals surface area contributed by atoms with Crippen molar-refractivity contribution in [3.63, 3.8) is 0 Å². The number of hydrogen-bond acceptors (Lipinski definition) is 4. The van der Waals surface area contributed by atoms with Crippen molar-refractivity contribution >= 4 is 17.2 Å². The zero-order valence-corrected chi connectivity index (χ0v) is 13.7. The van der Waals surface area contributed by atoms with Gasteiger partial charge in [-0.25, -0.2) is 0 Å². The Kier molecular flexibility index (Phi) is 4.20. The van der Waals surface area contributed by atoms with Crippen LogP contribution in [-0.2, 0) is 16.1 Å². The number of nitrogens with zero attached hydrogens (tertiary/aromatic N) is 1. The van der Waals surface area contributed by atoms with Gasteiger partial charge in [0.2, 0.25) is 5.91 Å².